The maximum Gasteiger partial charge on any atom is 0.251 e. The van der Waals surface area contributed by atoms with Gasteiger partial charge in [0.05, 0.1) is 11.0 Å². The van der Waals surface area contributed by atoms with Crippen LogP contribution in [0.25, 0.3) is 10.8 Å². The summed E-state index contributed by atoms with van der Waals surface area (Å²) in [6.45, 7) is 1.37. The number of ether oxygens (including phenoxy) is 1. The molecule has 7 heteroatoms. The van der Waals surface area contributed by atoms with E-state index in [1.807, 2.05) is 18.2 Å². The van der Waals surface area contributed by atoms with Crippen molar-refractivity contribution in [1.82, 2.24) is 10.0 Å². The zero-order chi connectivity index (χ0) is 21.7. The predicted octanol–water partition coefficient (Wildman–Crippen LogP) is 3.27. The van der Waals surface area contributed by atoms with Crippen molar-refractivity contribution >= 4 is 26.7 Å². The second kappa shape index (κ2) is 9.60. The van der Waals surface area contributed by atoms with Gasteiger partial charge in [0.25, 0.3) is 5.91 Å². The van der Waals surface area contributed by atoms with Crippen molar-refractivity contribution in [3.63, 3.8) is 0 Å². The van der Waals surface area contributed by atoms with Crippen LogP contribution in [0.15, 0.2) is 71.6 Å². The Hall–Kier alpha value is -2.74. The highest BCUT2D eigenvalue weighted by Gasteiger charge is 2.21. The molecule has 1 amide bonds. The first kappa shape index (κ1) is 21.5. The molecule has 0 bridgehead atoms. The lowest BCUT2D eigenvalue weighted by molar-refractivity contribution is 0.0954. The topological polar surface area (TPSA) is 84.5 Å². The fourth-order valence-corrected chi connectivity index (χ4v) is 4.93. The molecule has 1 heterocycles. The van der Waals surface area contributed by atoms with Crippen molar-refractivity contribution in [3.8, 4) is 0 Å². The molecule has 3 aromatic rings. The summed E-state index contributed by atoms with van der Waals surface area (Å²) in [5.74, 6) is -0.295. The molecule has 3 aromatic carbocycles. The monoisotopic (exact) mass is 438 g/mol. The molecule has 1 fully saturated rings. The molecule has 6 nitrogen and oxygen atoms in total. The van der Waals surface area contributed by atoms with Crippen LogP contribution < -0.4 is 10.0 Å². The number of fused-ring (bicyclic) bond motifs is 1. The van der Waals surface area contributed by atoms with Crippen molar-refractivity contribution in [2.75, 3.05) is 19.7 Å². The van der Waals surface area contributed by atoms with Crippen molar-refractivity contribution < 1.29 is 17.9 Å². The highest BCUT2D eigenvalue weighted by molar-refractivity contribution is 7.89. The van der Waals surface area contributed by atoms with Gasteiger partial charge in [0.1, 0.15) is 0 Å². The minimum Gasteiger partial charge on any atom is -0.377 e. The van der Waals surface area contributed by atoms with Crippen molar-refractivity contribution in [2.24, 2.45) is 0 Å². The highest BCUT2D eigenvalue weighted by Crippen LogP contribution is 2.19. The third-order valence-corrected chi connectivity index (χ3v) is 6.91. The summed E-state index contributed by atoms with van der Waals surface area (Å²) < 4.78 is 33.2. The van der Waals surface area contributed by atoms with Crippen LogP contribution in [0, 0.1) is 0 Å². The van der Waals surface area contributed by atoms with Crippen LogP contribution in [0.2, 0.25) is 0 Å². The standard InChI is InChI=1S/C24H26N2O4S/c27-24(25-14-13-19-8-3-7-18-6-1-2-12-23(18)19)20-9-4-11-22(16-20)31(28,29)26-17-21-10-5-15-30-21/h1-4,6-9,11-12,16,21,26H,5,10,13-15,17H2,(H,25,27). The fraction of sp³-hybridized carbons (Fsp3) is 0.292. The Labute approximate surface area is 182 Å². The molecular weight excluding hydrogens is 412 g/mol. The van der Waals surface area contributed by atoms with Gasteiger partial charge in [0.2, 0.25) is 10.0 Å². The zero-order valence-electron chi connectivity index (χ0n) is 17.2. The van der Waals surface area contributed by atoms with Crippen LogP contribution in [0.5, 0.6) is 0 Å². The molecule has 162 valence electrons. The first-order chi connectivity index (χ1) is 15.0. The average Bonchev–Trinajstić information content (AvgIpc) is 3.32. The largest absolute Gasteiger partial charge is 0.377 e. The van der Waals surface area contributed by atoms with E-state index in [4.69, 9.17) is 4.74 Å². The van der Waals surface area contributed by atoms with Gasteiger partial charge in [-0.1, -0.05) is 48.5 Å². The third-order valence-electron chi connectivity index (χ3n) is 5.49. The van der Waals surface area contributed by atoms with E-state index in [-0.39, 0.29) is 23.5 Å². The van der Waals surface area contributed by atoms with Crippen molar-refractivity contribution in [1.29, 1.82) is 0 Å². The summed E-state index contributed by atoms with van der Waals surface area (Å²) in [5, 5.41) is 5.23. The summed E-state index contributed by atoms with van der Waals surface area (Å²) in [6.07, 6.45) is 2.39. The van der Waals surface area contributed by atoms with Crippen LogP contribution in [0.3, 0.4) is 0 Å². The van der Waals surface area contributed by atoms with Gasteiger partial charge in [0.15, 0.2) is 0 Å². The maximum atomic E-state index is 12.6. The number of carbonyl (C=O) groups excluding carboxylic acids is 1. The van der Waals surface area contributed by atoms with E-state index in [1.165, 1.54) is 22.9 Å². The molecule has 0 aliphatic carbocycles. The molecule has 1 aliphatic heterocycles. The van der Waals surface area contributed by atoms with Crippen molar-refractivity contribution in [3.05, 3.63) is 77.9 Å². The van der Waals surface area contributed by atoms with E-state index < -0.39 is 10.0 Å². The third kappa shape index (κ3) is 5.31. The Balaban J connectivity index is 1.37. The quantitative estimate of drug-likeness (QED) is 0.565. The number of hydrogen-bond acceptors (Lipinski definition) is 4. The summed E-state index contributed by atoms with van der Waals surface area (Å²) in [4.78, 5) is 12.7. The Morgan fingerprint density at radius 1 is 1.03 bits per heavy atom. The molecule has 0 saturated carbocycles. The lowest BCUT2D eigenvalue weighted by Crippen LogP contribution is -2.32. The number of nitrogens with one attached hydrogen (secondary N) is 2. The normalized spacial score (nSPS) is 16.5. The average molecular weight is 439 g/mol. The maximum absolute atomic E-state index is 12.6. The van der Waals surface area contributed by atoms with Gasteiger partial charge in [-0.25, -0.2) is 13.1 Å². The molecular formula is C24H26N2O4S. The molecule has 0 radical (unpaired) electrons. The minimum atomic E-state index is -3.70. The SMILES string of the molecule is O=C(NCCc1cccc2ccccc12)c1cccc(S(=O)(=O)NCC2CCCO2)c1. The van der Waals surface area contributed by atoms with Crippen LogP contribution in [-0.4, -0.2) is 40.1 Å². The van der Waals surface area contributed by atoms with Gasteiger partial charge >= 0.3 is 0 Å². The Morgan fingerprint density at radius 3 is 2.68 bits per heavy atom. The molecule has 31 heavy (non-hydrogen) atoms. The lowest BCUT2D eigenvalue weighted by Gasteiger charge is -2.12. The van der Waals surface area contributed by atoms with Gasteiger partial charge in [0, 0.05) is 25.3 Å². The summed E-state index contributed by atoms with van der Waals surface area (Å²) in [5.41, 5.74) is 1.48. The molecule has 1 saturated heterocycles. The van der Waals surface area contributed by atoms with Gasteiger partial charge in [-0.3, -0.25) is 4.79 Å². The fourth-order valence-electron chi connectivity index (χ4n) is 3.82. The zero-order valence-corrected chi connectivity index (χ0v) is 18.0. The Bertz CT molecular complexity index is 1170. The van der Waals surface area contributed by atoms with Gasteiger partial charge < -0.3 is 10.1 Å². The molecule has 1 unspecified atom stereocenters. The number of sulfonamides is 1. The highest BCUT2D eigenvalue weighted by atomic mass is 32.2. The second-order valence-electron chi connectivity index (χ2n) is 7.66. The van der Waals surface area contributed by atoms with E-state index in [1.54, 1.807) is 12.1 Å². The second-order valence-corrected chi connectivity index (χ2v) is 9.43. The Morgan fingerprint density at radius 2 is 1.84 bits per heavy atom. The minimum absolute atomic E-state index is 0.0761. The molecule has 2 N–H and O–H groups in total. The number of amides is 1. The van der Waals surface area contributed by atoms with Crippen LogP contribution in [-0.2, 0) is 21.2 Å². The smallest absolute Gasteiger partial charge is 0.251 e. The van der Waals surface area contributed by atoms with Gasteiger partial charge in [-0.15, -0.1) is 0 Å². The molecule has 0 spiro atoms. The molecule has 4 rings (SSSR count). The summed E-state index contributed by atoms with van der Waals surface area (Å²) >= 11 is 0. The molecule has 0 aromatic heterocycles. The first-order valence-corrected chi connectivity index (χ1v) is 12.0. The van der Waals surface area contributed by atoms with E-state index in [9.17, 15) is 13.2 Å². The predicted molar refractivity (Wildman–Crippen MR) is 121 cm³/mol. The number of hydrogen-bond donors (Lipinski definition) is 2. The summed E-state index contributed by atoms with van der Waals surface area (Å²) in [6, 6.07) is 20.4. The molecule has 1 aliphatic rings. The van der Waals surface area contributed by atoms with Crippen LogP contribution in [0.4, 0.5) is 0 Å². The van der Waals surface area contributed by atoms with E-state index in [2.05, 4.69) is 34.3 Å². The van der Waals surface area contributed by atoms with Gasteiger partial charge in [-0.2, -0.15) is 0 Å². The number of carbonyl (C=O) groups is 1. The number of benzene rings is 3. The van der Waals surface area contributed by atoms with Crippen LogP contribution >= 0.6 is 0 Å². The lowest BCUT2D eigenvalue weighted by atomic mass is 10.0. The van der Waals surface area contributed by atoms with E-state index in [0.29, 0.717) is 25.1 Å². The van der Waals surface area contributed by atoms with Crippen molar-refractivity contribution in [2.45, 2.75) is 30.3 Å². The van der Waals surface area contributed by atoms with Gasteiger partial charge in [-0.05, 0) is 53.8 Å². The van der Waals surface area contributed by atoms with E-state index in [0.717, 1.165) is 18.4 Å². The summed E-state index contributed by atoms with van der Waals surface area (Å²) in [7, 11) is -3.70. The van der Waals surface area contributed by atoms with E-state index >= 15 is 0 Å². The molecule has 1 atom stereocenters. The number of rotatable bonds is 8. The Kier molecular flexibility index (Phi) is 6.65. The first-order valence-electron chi connectivity index (χ1n) is 10.5. The van der Waals surface area contributed by atoms with Crippen LogP contribution in [0.1, 0.15) is 28.8 Å².